The lowest BCUT2D eigenvalue weighted by Gasteiger charge is -2.31. The van der Waals surface area contributed by atoms with E-state index in [9.17, 15) is 18.4 Å². The highest BCUT2D eigenvalue weighted by molar-refractivity contribution is 5.94. The molecule has 5 rings (SSSR count). The molecule has 4 aromatic rings. The fourth-order valence-corrected chi connectivity index (χ4v) is 4.91. The van der Waals surface area contributed by atoms with Gasteiger partial charge in [-0.3, -0.25) is 9.59 Å². The first kappa shape index (κ1) is 26.2. The Morgan fingerprint density at radius 2 is 1.67 bits per heavy atom. The molecule has 2 atom stereocenters. The van der Waals surface area contributed by atoms with Crippen LogP contribution in [0.4, 0.5) is 18.9 Å². The molecule has 1 amide bonds. The monoisotopic (exact) mass is 534 g/mol. The molecule has 39 heavy (non-hydrogen) atoms. The molecule has 200 valence electrons. The van der Waals surface area contributed by atoms with E-state index in [-0.39, 0.29) is 52.0 Å². The van der Waals surface area contributed by atoms with Crippen LogP contribution in [0.3, 0.4) is 0 Å². The van der Waals surface area contributed by atoms with Crippen molar-refractivity contribution in [2.24, 2.45) is 0 Å². The molecule has 0 saturated heterocycles. The lowest BCUT2D eigenvalue weighted by Crippen LogP contribution is -2.41. The summed E-state index contributed by atoms with van der Waals surface area (Å²) in [7, 11) is 0. The number of halogens is 3. The second kappa shape index (κ2) is 11.2. The van der Waals surface area contributed by atoms with Gasteiger partial charge in [-0.2, -0.15) is 13.9 Å². The van der Waals surface area contributed by atoms with Crippen LogP contribution in [-0.2, 0) is 11.2 Å². The molecular weight excluding hydrogens is 509 g/mol. The van der Waals surface area contributed by atoms with E-state index < -0.39 is 23.6 Å². The second-order valence-corrected chi connectivity index (χ2v) is 9.32. The molecule has 3 N–H and O–H groups in total. The van der Waals surface area contributed by atoms with E-state index in [0.717, 1.165) is 23.7 Å². The summed E-state index contributed by atoms with van der Waals surface area (Å²) >= 11 is 0. The Labute approximate surface area is 221 Å². The van der Waals surface area contributed by atoms with Gasteiger partial charge in [0.05, 0.1) is 17.4 Å². The van der Waals surface area contributed by atoms with Gasteiger partial charge in [0.2, 0.25) is 17.8 Å². The summed E-state index contributed by atoms with van der Waals surface area (Å²) in [6.45, 7) is 2.00. The lowest BCUT2D eigenvalue weighted by atomic mass is 9.91. The van der Waals surface area contributed by atoms with E-state index in [4.69, 9.17) is 0 Å². The third kappa shape index (κ3) is 5.58. The quantitative estimate of drug-likeness (QED) is 0.297. The Hall–Kier alpha value is -4.38. The lowest BCUT2D eigenvalue weighted by molar-refractivity contribution is -0.116. The number of carbonyl (C=O) groups is 1. The van der Waals surface area contributed by atoms with Crippen LogP contribution in [0.25, 0.3) is 22.3 Å². The minimum Gasteiger partial charge on any atom is -0.324 e. The Morgan fingerprint density at radius 3 is 2.31 bits per heavy atom. The third-order valence-corrected chi connectivity index (χ3v) is 6.76. The van der Waals surface area contributed by atoms with E-state index in [1.807, 2.05) is 6.92 Å². The van der Waals surface area contributed by atoms with Crippen LogP contribution < -0.4 is 16.2 Å². The van der Waals surface area contributed by atoms with Gasteiger partial charge in [-0.1, -0.05) is 6.92 Å². The molecule has 8 nitrogen and oxygen atoms in total. The number of fused-ring (bicyclic) bond motifs is 1. The number of nitrogens with zero attached hydrogens (tertiary/aromatic N) is 3. The van der Waals surface area contributed by atoms with Gasteiger partial charge in [0.25, 0.3) is 5.56 Å². The molecule has 0 fully saturated rings. The molecule has 4 heterocycles. The van der Waals surface area contributed by atoms with Gasteiger partial charge in [-0.05, 0) is 72.4 Å². The highest BCUT2D eigenvalue weighted by Gasteiger charge is 2.27. The molecule has 0 bridgehead atoms. The molecule has 3 aromatic heterocycles. The molecule has 0 spiro atoms. The van der Waals surface area contributed by atoms with Crippen molar-refractivity contribution in [3.8, 4) is 22.3 Å². The van der Waals surface area contributed by atoms with Crippen molar-refractivity contribution in [1.82, 2.24) is 25.5 Å². The summed E-state index contributed by atoms with van der Waals surface area (Å²) in [6.07, 6.45) is 4.29. The van der Waals surface area contributed by atoms with Crippen molar-refractivity contribution < 1.29 is 18.0 Å². The molecule has 11 heteroatoms. The average molecular weight is 535 g/mol. The van der Waals surface area contributed by atoms with Gasteiger partial charge >= 0.3 is 0 Å². The molecule has 1 aliphatic rings. The zero-order chi connectivity index (χ0) is 27.5. The van der Waals surface area contributed by atoms with Crippen LogP contribution in [0.15, 0.2) is 59.7 Å². The number of anilines is 1. The first-order valence-electron chi connectivity index (χ1n) is 12.5. The number of rotatable bonds is 7. The standard InChI is InChI=1S/C28H25F3N6O2/c1-2-22-26-15(12-25(39)36-37-26)11-16(34-22)7-8-24(38)35-23-14-20(18-6-4-10-33-28(18)31)19(13-21(23)29)17-5-3-9-32-27(17)30/h3-6,9-10,12-14,16,22,34H,2,7-8,11H2,1H3,(H,35,38)(H,36,39). The number of hydrogen-bond donors (Lipinski definition) is 3. The summed E-state index contributed by atoms with van der Waals surface area (Å²) in [6, 6.07) is 9.55. The van der Waals surface area contributed by atoms with Crippen LogP contribution in [0.5, 0.6) is 0 Å². The number of hydrogen-bond acceptors (Lipinski definition) is 6. The number of benzene rings is 1. The maximum Gasteiger partial charge on any atom is 0.264 e. The first-order valence-corrected chi connectivity index (χ1v) is 12.5. The topological polar surface area (TPSA) is 113 Å². The molecule has 0 radical (unpaired) electrons. The van der Waals surface area contributed by atoms with Gasteiger partial charge < -0.3 is 10.6 Å². The van der Waals surface area contributed by atoms with Gasteiger partial charge in [0.1, 0.15) is 5.82 Å². The maximum atomic E-state index is 15.2. The SMILES string of the molecule is CCC1NC(CCC(=O)Nc2cc(-c3cccnc3F)c(-c3cccnc3F)cc2F)Cc2cc(=O)[nH]nc21. The van der Waals surface area contributed by atoms with Gasteiger partial charge in [-0.25, -0.2) is 19.5 Å². The summed E-state index contributed by atoms with van der Waals surface area (Å²) in [5.74, 6) is -2.93. The number of nitrogens with one attached hydrogen (secondary N) is 3. The second-order valence-electron chi connectivity index (χ2n) is 9.32. The minimum atomic E-state index is -0.844. The van der Waals surface area contributed by atoms with Crippen molar-refractivity contribution in [3.63, 3.8) is 0 Å². The number of aromatic nitrogens is 4. The van der Waals surface area contributed by atoms with Crippen molar-refractivity contribution >= 4 is 11.6 Å². The third-order valence-electron chi connectivity index (χ3n) is 6.76. The van der Waals surface area contributed by atoms with E-state index in [0.29, 0.717) is 12.8 Å². The molecule has 0 aliphatic carbocycles. The van der Waals surface area contributed by atoms with Crippen LogP contribution in [0.2, 0.25) is 0 Å². The van der Waals surface area contributed by atoms with E-state index in [1.165, 1.54) is 48.8 Å². The summed E-state index contributed by atoms with van der Waals surface area (Å²) in [4.78, 5) is 31.9. The number of pyridine rings is 2. The van der Waals surface area contributed by atoms with Crippen molar-refractivity contribution in [2.45, 2.75) is 44.7 Å². The highest BCUT2D eigenvalue weighted by atomic mass is 19.1. The fourth-order valence-electron chi connectivity index (χ4n) is 4.91. The largest absolute Gasteiger partial charge is 0.324 e. The molecule has 0 saturated carbocycles. The van der Waals surface area contributed by atoms with E-state index in [1.54, 1.807) is 0 Å². The Morgan fingerprint density at radius 1 is 1.00 bits per heavy atom. The molecule has 2 unspecified atom stereocenters. The number of carbonyl (C=O) groups excluding carboxylic acids is 1. The average Bonchev–Trinajstić information content (AvgIpc) is 2.93. The minimum absolute atomic E-state index is 0.0185. The summed E-state index contributed by atoms with van der Waals surface area (Å²) in [5, 5.41) is 12.6. The highest BCUT2D eigenvalue weighted by Crippen LogP contribution is 2.37. The molecule has 1 aliphatic heterocycles. The van der Waals surface area contributed by atoms with Crippen molar-refractivity contribution in [1.29, 1.82) is 0 Å². The number of H-pyrrole nitrogens is 1. The van der Waals surface area contributed by atoms with Crippen LogP contribution >= 0.6 is 0 Å². The predicted octanol–water partition coefficient (Wildman–Crippen LogP) is 4.70. The smallest absolute Gasteiger partial charge is 0.264 e. The van der Waals surface area contributed by atoms with Crippen molar-refractivity contribution in [3.05, 3.63) is 94.2 Å². The Bertz CT molecular complexity index is 1590. The van der Waals surface area contributed by atoms with Crippen LogP contribution in [-0.4, -0.2) is 32.1 Å². The maximum absolute atomic E-state index is 15.2. The van der Waals surface area contributed by atoms with E-state index in [2.05, 4.69) is 30.8 Å². The Kier molecular flexibility index (Phi) is 7.51. The van der Waals surface area contributed by atoms with Crippen LogP contribution in [0.1, 0.15) is 43.5 Å². The van der Waals surface area contributed by atoms with Gasteiger partial charge in [-0.15, -0.1) is 0 Å². The van der Waals surface area contributed by atoms with Crippen LogP contribution in [0, 0.1) is 17.7 Å². The zero-order valence-electron chi connectivity index (χ0n) is 21.0. The van der Waals surface area contributed by atoms with Gasteiger partial charge in [0.15, 0.2) is 0 Å². The fraction of sp³-hybridized carbons (Fsp3) is 0.250. The Balaban J connectivity index is 1.38. The predicted molar refractivity (Wildman–Crippen MR) is 139 cm³/mol. The number of amides is 1. The molecule has 1 aromatic carbocycles. The first-order chi connectivity index (χ1) is 18.8. The normalized spacial score (nSPS) is 16.5. The molecular formula is C28H25F3N6O2. The summed E-state index contributed by atoms with van der Waals surface area (Å²) < 4.78 is 44.4. The zero-order valence-corrected chi connectivity index (χ0v) is 21.0. The van der Waals surface area contributed by atoms with E-state index >= 15 is 4.39 Å². The van der Waals surface area contributed by atoms with Crippen molar-refractivity contribution in [2.75, 3.05) is 5.32 Å². The number of aromatic amines is 1. The summed E-state index contributed by atoms with van der Waals surface area (Å²) in [5.41, 5.74) is 1.40. The van der Waals surface area contributed by atoms with Gasteiger partial charge in [0, 0.05) is 42.0 Å².